The predicted molar refractivity (Wildman–Crippen MR) is 104 cm³/mol. The van der Waals surface area contributed by atoms with E-state index in [9.17, 15) is 19.2 Å². The Kier molecular flexibility index (Phi) is 9.35. The van der Waals surface area contributed by atoms with E-state index in [-0.39, 0.29) is 42.8 Å². The Hall–Kier alpha value is -2.70. The van der Waals surface area contributed by atoms with Crippen molar-refractivity contribution >= 4 is 23.6 Å². The summed E-state index contributed by atoms with van der Waals surface area (Å²) >= 11 is 0. The summed E-state index contributed by atoms with van der Waals surface area (Å²) in [5.41, 5.74) is 0.740. The Morgan fingerprint density at radius 2 is 1.36 bits per heavy atom. The molecule has 0 heterocycles. The van der Waals surface area contributed by atoms with E-state index in [0.29, 0.717) is 5.56 Å². The van der Waals surface area contributed by atoms with Crippen molar-refractivity contribution in [2.45, 2.75) is 47.1 Å². The molecule has 154 valence electrons. The van der Waals surface area contributed by atoms with Gasteiger partial charge < -0.3 is 14.8 Å². The van der Waals surface area contributed by atoms with E-state index in [4.69, 9.17) is 9.47 Å². The summed E-state index contributed by atoms with van der Waals surface area (Å²) in [5.74, 6) is -1.67. The highest BCUT2D eigenvalue weighted by atomic mass is 16.5. The lowest BCUT2D eigenvalue weighted by molar-refractivity contribution is -0.153. The van der Waals surface area contributed by atoms with Gasteiger partial charge in [0.15, 0.2) is 5.78 Å². The molecular formula is C21H29NO6. The molecule has 0 saturated heterocycles. The molecule has 0 aromatic heterocycles. The number of amides is 1. The van der Waals surface area contributed by atoms with Gasteiger partial charge in [0.1, 0.15) is 6.04 Å². The van der Waals surface area contributed by atoms with E-state index in [2.05, 4.69) is 5.32 Å². The van der Waals surface area contributed by atoms with Crippen molar-refractivity contribution in [3.63, 3.8) is 0 Å². The average molecular weight is 391 g/mol. The quantitative estimate of drug-likeness (QED) is 0.486. The minimum absolute atomic E-state index is 0.116. The first-order chi connectivity index (χ1) is 13.1. The van der Waals surface area contributed by atoms with Crippen LogP contribution in [0.3, 0.4) is 0 Å². The minimum Gasteiger partial charge on any atom is -0.465 e. The van der Waals surface area contributed by atoms with Crippen LogP contribution in [0.1, 0.15) is 61.8 Å². The zero-order valence-electron chi connectivity index (χ0n) is 17.1. The Balaban J connectivity index is 2.84. The van der Waals surface area contributed by atoms with Crippen molar-refractivity contribution in [2.24, 2.45) is 11.8 Å². The molecule has 1 rings (SSSR count). The maximum Gasteiger partial charge on any atom is 0.329 e. The Morgan fingerprint density at radius 3 is 1.86 bits per heavy atom. The van der Waals surface area contributed by atoms with E-state index < -0.39 is 23.9 Å². The molecule has 0 aliphatic rings. The number of Topliss-reactive ketones (excluding diaryl/α,β-unsaturated/α-hetero) is 1. The van der Waals surface area contributed by atoms with Gasteiger partial charge in [-0.15, -0.1) is 0 Å². The fourth-order valence-corrected chi connectivity index (χ4v) is 2.13. The second-order valence-corrected chi connectivity index (χ2v) is 7.46. The largest absolute Gasteiger partial charge is 0.465 e. The molecule has 1 amide bonds. The Bertz CT molecular complexity index is 693. The first-order valence-electron chi connectivity index (χ1n) is 9.34. The van der Waals surface area contributed by atoms with Gasteiger partial charge in [-0.2, -0.15) is 0 Å². The maximum absolute atomic E-state index is 12.5. The second kappa shape index (κ2) is 11.2. The fraction of sp³-hybridized carbons (Fsp3) is 0.524. The zero-order valence-corrected chi connectivity index (χ0v) is 17.1. The van der Waals surface area contributed by atoms with Crippen LogP contribution in [0.15, 0.2) is 24.3 Å². The van der Waals surface area contributed by atoms with E-state index in [1.165, 1.54) is 31.2 Å². The molecule has 0 bridgehead atoms. The topological polar surface area (TPSA) is 98.8 Å². The highest BCUT2D eigenvalue weighted by molar-refractivity contribution is 5.99. The van der Waals surface area contributed by atoms with Crippen LogP contribution in [0.5, 0.6) is 0 Å². The Morgan fingerprint density at radius 1 is 0.857 bits per heavy atom. The standard InChI is InChI=1S/C21H29NO6/c1-13(2)11-27-19(24)10-18(21(26)28-12-14(3)4)22-20(25)17-8-6-16(7-9-17)15(5)23/h6-9,13-14,18H,10-12H2,1-5H3,(H,22,25). The van der Waals surface area contributed by atoms with Crippen LogP contribution in [0.2, 0.25) is 0 Å². The summed E-state index contributed by atoms with van der Waals surface area (Å²) in [6.45, 7) is 9.40. The molecule has 28 heavy (non-hydrogen) atoms. The monoisotopic (exact) mass is 391 g/mol. The van der Waals surface area contributed by atoms with Crippen molar-refractivity contribution in [1.29, 1.82) is 0 Å². The van der Waals surface area contributed by atoms with Crippen molar-refractivity contribution in [3.05, 3.63) is 35.4 Å². The molecular weight excluding hydrogens is 362 g/mol. The molecule has 0 aliphatic carbocycles. The smallest absolute Gasteiger partial charge is 0.329 e. The summed E-state index contributed by atoms with van der Waals surface area (Å²) in [4.78, 5) is 48.2. The SMILES string of the molecule is CC(=O)c1ccc(C(=O)NC(CC(=O)OCC(C)C)C(=O)OCC(C)C)cc1. The van der Waals surface area contributed by atoms with Crippen molar-refractivity contribution in [1.82, 2.24) is 5.32 Å². The molecule has 7 heteroatoms. The predicted octanol–water partition coefficient (Wildman–Crippen LogP) is 2.78. The summed E-state index contributed by atoms with van der Waals surface area (Å²) in [5, 5.41) is 2.52. The Labute approximate surface area is 165 Å². The van der Waals surface area contributed by atoms with Crippen LogP contribution in [0.4, 0.5) is 0 Å². The molecule has 1 unspecified atom stereocenters. The first-order valence-corrected chi connectivity index (χ1v) is 9.34. The van der Waals surface area contributed by atoms with Crippen LogP contribution in [0, 0.1) is 11.8 Å². The van der Waals surface area contributed by atoms with Gasteiger partial charge in [0.05, 0.1) is 19.6 Å². The number of esters is 2. The lowest BCUT2D eigenvalue weighted by Gasteiger charge is -2.18. The summed E-state index contributed by atoms with van der Waals surface area (Å²) in [6, 6.07) is 4.87. The lowest BCUT2D eigenvalue weighted by atomic mass is 10.1. The number of benzene rings is 1. The third kappa shape index (κ3) is 8.33. The van der Waals surface area contributed by atoms with Crippen molar-refractivity contribution in [3.8, 4) is 0 Å². The number of hydrogen-bond acceptors (Lipinski definition) is 6. The first kappa shape index (κ1) is 23.3. The number of carbonyl (C=O) groups excluding carboxylic acids is 4. The third-order valence-corrected chi connectivity index (χ3v) is 3.65. The van der Waals surface area contributed by atoms with E-state index in [1.807, 2.05) is 27.7 Å². The summed E-state index contributed by atoms with van der Waals surface area (Å²) < 4.78 is 10.3. The van der Waals surface area contributed by atoms with Gasteiger partial charge in [0, 0.05) is 11.1 Å². The zero-order chi connectivity index (χ0) is 21.3. The van der Waals surface area contributed by atoms with Crippen LogP contribution in [0.25, 0.3) is 0 Å². The molecule has 1 aromatic carbocycles. The van der Waals surface area contributed by atoms with Gasteiger partial charge in [-0.1, -0.05) is 39.8 Å². The molecule has 7 nitrogen and oxygen atoms in total. The van der Waals surface area contributed by atoms with Gasteiger partial charge in [-0.25, -0.2) is 4.79 Å². The highest BCUT2D eigenvalue weighted by Crippen LogP contribution is 2.08. The molecule has 1 aromatic rings. The van der Waals surface area contributed by atoms with Crippen molar-refractivity contribution < 1.29 is 28.7 Å². The summed E-state index contributed by atoms with van der Waals surface area (Å²) in [6.07, 6.45) is -0.319. The van der Waals surface area contributed by atoms with Crippen LogP contribution >= 0.6 is 0 Å². The lowest BCUT2D eigenvalue weighted by Crippen LogP contribution is -2.44. The minimum atomic E-state index is -1.15. The number of nitrogens with one attached hydrogen (secondary N) is 1. The molecule has 0 fully saturated rings. The molecule has 1 atom stereocenters. The highest BCUT2D eigenvalue weighted by Gasteiger charge is 2.27. The number of rotatable bonds is 10. The number of ketones is 1. The van der Waals surface area contributed by atoms with Crippen LogP contribution in [-0.4, -0.2) is 42.9 Å². The van der Waals surface area contributed by atoms with E-state index in [0.717, 1.165) is 0 Å². The number of carbonyl (C=O) groups is 4. The average Bonchev–Trinajstić information content (AvgIpc) is 2.63. The van der Waals surface area contributed by atoms with Gasteiger partial charge in [-0.3, -0.25) is 14.4 Å². The number of ether oxygens (including phenoxy) is 2. The van der Waals surface area contributed by atoms with E-state index in [1.54, 1.807) is 0 Å². The van der Waals surface area contributed by atoms with Crippen LogP contribution < -0.4 is 5.32 Å². The summed E-state index contributed by atoms with van der Waals surface area (Å²) in [7, 11) is 0. The maximum atomic E-state index is 12.5. The van der Waals surface area contributed by atoms with Gasteiger partial charge in [0.2, 0.25) is 0 Å². The van der Waals surface area contributed by atoms with Gasteiger partial charge in [-0.05, 0) is 30.9 Å². The molecule has 0 saturated carbocycles. The van der Waals surface area contributed by atoms with E-state index >= 15 is 0 Å². The third-order valence-electron chi connectivity index (χ3n) is 3.65. The normalized spacial score (nSPS) is 11.8. The molecule has 0 spiro atoms. The number of hydrogen-bond donors (Lipinski definition) is 1. The molecule has 1 N–H and O–H groups in total. The molecule has 0 radical (unpaired) electrons. The van der Waals surface area contributed by atoms with Gasteiger partial charge >= 0.3 is 11.9 Å². The second-order valence-electron chi connectivity index (χ2n) is 7.46. The van der Waals surface area contributed by atoms with Gasteiger partial charge in [0.25, 0.3) is 5.91 Å². The molecule has 0 aliphatic heterocycles. The fourth-order valence-electron chi connectivity index (χ4n) is 2.13. The van der Waals surface area contributed by atoms with Crippen molar-refractivity contribution in [2.75, 3.05) is 13.2 Å². The van der Waals surface area contributed by atoms with Crippen LogP contribution in [-0.2, 0) is 19.1 Å².